The summed E-state index contributed by atoms with van der Waals surface area (Å²) in [6.45, 7) is 4.88. The Balaban J connectivity index is 1.69. The van der Waals surface area contributed by atoms with Gasteiger partial charge in [0.05, 0.1) is 7.05 Å². The molecule has 1 atom stereocenters. The van der Waals surface area contributed by atoms with Crippen LogP contribution in [0.4, 0.5) is 5.69 Å². The van der Waals surface area contributed by atoms with E-state index in [0.29, 0.717) is 12.6 Å². The third kappa shape index (κ3) is 6.32. The monoisotopic (exact) mass is 332 g/mol. The SMILES string of the molecule is Cc1ccc(NC(=O)C[NH+](C)CC(=O)NC2CCC(C)CC2)cc1. The number of aryl methyl sites for hydroxylation is 1. The molecule has 1 aromatic carbocycles. The zero-order valence-corrected chi connectivity index (χ0v) is 15.0. The minimum Gasteiger partial charge on any atom is -0.348 e. The van der Waals surface area contributed by atoms with Crippen molar-refractivity contribution in [2.24, 2.45) is 5.92 Å². The maximum atomic E-state index is 12.1. The topological polar surface area (TPSA) is 62.6 Å². The summed E-state index contributed by atoms with van der Waals surface area (Å²) in [6.07, 6.45) is 4.51. The predicted molar refractivity (Wildman–Crippen MR) is 96.0 cm³/mol. The number of amides is 2. The Morgan fingerprint density at radius 2 is 1.62 bits per heavy atom. The van der Waals surface area contributed by atoms with E-state index in [1.165, 1.54) is 12.8 Å². The fraction of sp³-hybridized carbons (Fsp3) is 0.579. The lowest BCUT2D eigenvalue weighted by molar-refractivity contribution is -0.862. The van der Waals surface area contributed by atoms with Crippen LogP contribution >= 0.6 is 0 Å². The summed E-state index contributed by atoms with van der Waals surface area (Å²) in [5.74, 6) is 0.739. The molecule has 2 rings (SSSR count). The molecule has 1 aromatic rings. The molecule has 0 bridgehead atoms. The molecule has 2 amide bonds. The second-order valence-corrected chi connectivity index (χ2v) is 7.25. The second kappa shape index (κ2) is 8.83. The van der Waals surface area contributed by atoms with Gasteiger partial charge in [-0.2, -0.15) is 0 Å². The normalized spacial score (nSPS) is 21.8. The molecule has 1 unspecified atom stereocenters. The summed E-state index contributed by atoms with van der Waals surface area (Å²) in [4.78, 5) is 25.1. The molecule has 0 radical (unpaired) electrons. The van der Waals surface area contributed by atoms with Crippen molar-refractivity contribution in [3.63, 3.8) is 0 Å². The Morgan fingerprint density at radius 3 is 2.25 bits per heavy atom. The average molecular weight is 332 g/mol. The predicted octanol–water partition coefficient (Wildman–Crippen LogP) is 1.14. The molecule has 5 heteroatoms. The molecule has 132 valence electrons. The number of likely N-dealkylation sites (N-methyl/N-ethyl adjacent to an activating group) is 1. The molecule has 0 aliphatic heterocycles. The number of nitrogens with one attached hydrogen (secondary N) is 3. The number of hydrogen-bond acceptors (Lipinski definition) is 2. The van der Waals surface area contributed by atoms with Gasteiger partial charge in [0.25, 0.3) is 11.8 Å². The van der Waals surface area contributed by atoms with Crippen LogP contribution in [0.5, 0.6) is 0 Å². The number of anilines is 1. The van der Waals surface area contributed by atoms with Gasteiger partial charge in [-0.1, -0.05) is 24.6 Å². The third-order valence-corrected chi connectivity index (χ3v) is 4.64. The summed E-state index contributed by atoms with van der Waals surface area (Å²) in [6, 6.07) is 8.01. The van der Waals surface area contributed by atoms with Crippen molar-refractivity contribution in [1.82, 2.24) is 5.32 Å². The van der Waals surface area contributed by atoms with Crippen LogP contribution in [0.25, 0.3) is 0 Å². The fourth-order valence-corrected chi connectivity index (χ4v) is 3.14. The number of carbonyl (C=O) groups excluding carboxylic acids is 2. The average Bonchev–Trinajstić information content (AvgIpc) is 2.51. The summed E-state index contributed by atoms with van der Waals surface area (Å²) < 4.78 is 0. The maximum absolute atomic E-state index is 12.1. The number of carbonyl (C=O) groups is 2. The van der Waals surface area contributed by atoms with Gasteiger partial charge < -0.3 is 15.5 Å². The van der Waals surface area contributed by atoms with E-state index in [4.69, 9.17) is 0 Å². The van der Waals surface area contributed by atoms with Crippen LogP contribution in [0.3, 0.4) is 0 Å². The quantitative estimate of drug-likeness (QED) is 0.732. The van der Waals surface area contributed by atoms with Gasteiger partial charge in [-0.25, -0.2) is 0 Å². The Bertz CT molecular complexity index is 548. The Hall–Kier alpha value is -1.88. The van der Waals surface area contributed by atoms with E-state index in [9.17, 15) is 9.59 Å². The van der Waals surface area contributed by atoms with E-state index in [1.54, 1.807) is 0 Å². The van der Waals surface area contributed by atoms with Gasteiger partial charge in [-0.05, 0) is 50.7 Å². The van der Waals surface area contributed by atoms with Gasteiger partial charge in [0.2, 0.25) is 0 Å². The molecule has 1 saturated carbocycles. The van der Waals surface area contributed by atoms with Gasteiger partial charge in [0, 0.05) is 11.7 Å². The van der Waals surface area contributed by atoms with Gasteiger partial charge in [-0.15, -0.1) is 0 Å². The summed E-state index contributed by atoms with van der Waals surface area (Å²) in [7, 11) is 1.87. The van der Waals surface area contributed by atoms with Crippen molar-refractivity contribution in [3.8, 4) is 0 Å². The standard InChI is InChI=1S/C19H29N3O2/c1-14-4-8-16(9-5-14)20-18(23)12-22(3)13-19(24)21-17-10-6-15(2)7-11-17/h4-5,8-9,15,17H,6-7,10-13H2,1-3H3,(H,20,23)(H,21,24)/p+1. The minimum atomic E-state index is -0.0735. The molecule has 0 aromatic heterocycles. The lowest BCUT2D eigenvalue weighted by atomic mass is 9.87. The van der Waals surface area contributed by atoms with Crippen LogP contribution < -0.4 is 15.5 Å². The highest BCUT2D eigenvalue weighted by atomic mass is 16.2. The van der Waals surface area contributed by atoms with E-state index in [2.05, 4.69) is 17.6 Å². The highest BCUT2D eigenvalue weighted by Crippen LogP contribution is 2.23. The molecule has 0 saturated heterocycles. The third-order valence-electron chi connectivity index (χ3n) is 4.64. The summed E-state index contributed by atoms with van der Waals surface area (Å²) in [5, 5.41) is 5.98. The zero-order chi connectivity index (χ0) is 17.5. The maximum Gasteiger partial charge on any atom is 0.279 e. The molecule has 1 fully saturated rings. The van der Waals surface area contributed by atoms with Crippen molar-refractivity contribution in [1.29, 1.82) is 0 Å². The lowest BCUT2D eigenvalue weighted by Crippen LogP contribution is -3.11. The van der Waals surface area contributed by atoms with E-state index in [1.807, 2.05) is 38.2 Å². The number of benzene rings is 1. The smallest absolute Gasteiger partial charge is 0.279 e. The van der Waals surface area contributed by atoms with Crippen LogP contribution in [-0.2, 0) is 9.59 Å². The highest BCUT2D eigenvalue weighted by molar-refractivity contribution is 5.91. The Labute approximate surface area is 144 Å². The Morgan fingerprint density at radius 1 is 1.04 bits per heavy atom. The molecule has 1 aliphatic rings. The fourth-order valence-electron chi connectivity index (χ4n) is 3.14. The first-order valence-corrected chi connectivity index (χ1v) is 8.89. The molecular formula is C19H30N3O2+. The van der Waals surface area contributed by atoms with Gasteiger partial charge in [0.1, 0.15) is 0 Å². The highest BCUT2D eigenvalue weighted by Gasteiger charge is 2.21. The molecule has 5 nitrogen and oxygen atoms in total. The van der Waals surface area contributed by atoms with Crippen molar-refractivity contribution in [2.75, 3.05) is 25.5 Å². The van der Waals surface area contributed by atoms with E-state index in [-0.39, 0.29) is 18.4 Å². The number of rotatable bonds is 6. The van der Waals surface area contributed by atoms with Crippen LogP contribution in [0.2, 0.25) is 0 Å². The van der Waals surface area contributed by atoms with Gasteiger partial charge >= 0.3 is 0 Å². The number of hydrogen-bond donors (Lipinski definition) is 3. The van der Waals surface area contributed by atoms with E-state index >= 15 is 0 Å². The first-order valence-electron chi connectivity index (χ1n) is 8.89. The molecule has 0 spiro atoms. The second-order valence-electron chi connectivity index (χ2n) is 7.25. The van der Waals surface area contributed by atoms with Crippen molar-refractivity contribution >= 4 is 17.5 Å². The minimum absolute atomic E-state index is 0.0372. The van der Waals surface area contributed by atoms with Crippen molar-refractivity contribution < 1.29 is 14.5 Å². The van der Waals surface area contributed by atoms with Crippen molar-refractivity contribution in [2.45, 2.75) is 45.6 Å². The van der Waals surface area contributed by atoms with Crippen LogP contribution in [0.1, 0.15) is 38.2 Å². The molecular weight excluding hydrogens is 302 g/mol. The number of quaternary nitrogens is 1. The van der Waals surface area contributed by atoms with Gasteiger partial charge in [-0.3, -0.25) is 9.59 Å². The van der Waals surface area contributed by atoms with Crippen LogP contribution in [0.15, 0.2) is 24.3 Å². The largest absolute Gasteiger partial charge is 0.348 e. The molecule has 3 N–H and O–H groups in total. The van der Waals surface area contributed by atoms with Gasteiger partial charge in [0.15, 0.2) is 13.1 Å². The zero-order valence-electron chi connectivity index (χ0n) is 15.0. The lowest BCUT2D eigenvalue weighted by Gasteiger charge is -2.27. The van der Waals surface area contributed by atoms with Crippen LogP contribution in [0, 0.1) is 12.8 Å². The first-order chi connectivity index (χ1) is 11.4. The van der Waals surface area contributed by atoms with E-state index in [0.717, 1.165) is 34.9 Å². The molecule has 1 aliphatic carbocycles. The van der Waals surface area contributed by atoms with Crippen molar-refractivity contribution in [3.05, 3.63) is 29.8 Å². The summed E-state index contributed by atoms with van der Waals surface area (Å²) >= 11 is 0. The Kier molecular flexibility index (Phi) is 6.79. The van der Waals surface area contributed by atoms with Crippen LogP contribution in [-0.4, -0.2) is 38.0 Å². The first kappa shape index (κ1) is 18.5. The molecule has 0 heterocycles. The van der Waals surface area contributed by atoms with E-state index < -0.39 is 0 Å². The summed E-state index contributed by atoms with van der Waals surface area (Å²) in [5.41, 5.74) is 1.95. The molecule has 24 heavy (non-hydrogen) atoms.